The molecule has 1 saturated heterocycles. The molecule has 1 aliphatic heterocycles. The van der Waals surface area contributed by atoms with Gasteiger partial charge in [0.25, 0.3) is 0 Å². The van der Waals surface area contributed by atoms with Gasteiger partial charge < -0.3 is 9.47 Å². The summed E-state index contributed by atoms with van der Waals surface area (Å²) in [4.78, 5) is 12.0. The summed E-state index contributed by atoms with van der Waals surface area (Å²) in [5.74, 6) is -0.0290. The molecule has 1 fully saturated rings. The number of aromatic nitrogens is 3. The van der Waals surface area contributed by atoms with Gasteiger partial charge in [-0.1, -0.05) is 42.1 Å². The van der Waals surface area contributed by atoms with Gasteiger partial charge in [-0.15, -0.1) is 10.2 Å². The van der Waals surface area contributed by atoms with E-state index >= 15 is 0 Å². The number of hydrogen-bond acceptors (Lipinski definition) is 6. The SMILES string of the molecule is CC1CC(Sc2nnc(COc3ccccc3F)n2-c2ccccc2)C(=O)O1. The second-order valence-corrected chi connectivity index (χ2v) is 7.55. The van der Waals surface area contributed by atoms with Gasteiger partial charge in [-0.3, -0.25) is 9.36 Å². The number of carbonyl (C=O) groups is 1. The monoisotopic (exact) mass is 399 g/mol. The van der Waals surface area contributed by atoms with Crippen LogP contribution in [-0.4, -0.2) is 32.1 Å². The smallest absolute Gasteiger partial charge is 0.319 e. The first-order chi connectivity index (χ1) is 13.6. The van der Waals surface area contributed by atoms with E-state index in [1.165, 1.54) is 17.8 Å². The van der Waals surface area contributed by atoms with E-state index in [0.29, 0.717) is 17.4 Å². The highest BCUT2D eigenvalue weighted by molar-refractivity contribution is 8.00. The van der Waals surface area contributed by atoms with Gasteiger partial charge in [-0.2, -0.15) is 0 Å². The van der Waals surface area contributed by atoms with Crippen LogP contribution < -0.4 is 4.74 Å². The topological polar surface area (TPSA) is 66.2 Å². The van der Waals surface area contributed by atoms with Crippen LogP contribution in [0.15, 0.2) is 59.8 Å². The van der Waals surface area contributed by atoms with Crippen molar-refractivity contribution in [2.45, 2.75) is 36.5 Å². The molecule has 0 radical (unpaired) electrons. The molecule has 0 amide bonds. The molecule has 4 rings (SSSR count). The molecule has 2 atom stereocenters. The lowest BCUT2D eigenvalue weighted by atomic mass is 10.3. The highest BCUT2D eigenvalue weighted by atomic mass is 32.2. The Morgan fingerprint density at radius 1 is 1.18 bits per heavy atom. The predicted molar refractivity (Wildman–Crippen MR) is 102 cm³/mol. The predicted octanol–water partition coefficient (Wildman–Crippen LogP) is 3.78. The molecule has 1 aliphatic rings. The van der Waals surface area contributed by atoms with Gasteiger partial charge in [0.05, 0.1) is 0 Å². The van der Waals surface area contributed by atoms with Crippen LogP contribution in [0.3, 0.4) is 0 Å². The Labute approximate surface area is 165 Å². The van der Waals surface area contributed by atoms with Crippen molar-refractivity contribution >= 4 is 17.7 Å². The fraction of sp³-hybridized carbons (Fsp3) is 0.250. The Hall–Kier alpha value is -2.87. The summed E-state index contributed by atoms with van der Waals surface area (Å²) >= 11 is 1.32. The summed E-state index contributed by atoms with van der Waals surface area (Å²) in [5.41, 5.74) is 0.835. The molecule has 0 saturated carbocycles. The fourth-order valence-corrected chi connectivity index (χ4v) is 4.13. The van der Waals surface area contributed by atoms with Crippen molar-refractivity contribution in [3.05, 3.63) is 66.2 Å². The van der Waals surface area contributed by atoms with Crippen molar-refractivity contribution in [2.24, 2.45) is 0 Å². The van der Waals surface area contributed by atoms with Crippen molar-refractivity contribution in [3.63, 3.8) is 0 Å². The third-order valence-electron chi connectivity index (χ3n) is 4.28. The molecule has 28 heavy (non-hydrogen) atoms. The molecule has 2 unspecified atom stereocenters. The van der Waals surface area contributed by atoms with Gasteiger partial charge in [0.2, 0.25) is 0 Å². The normalized spacial score (nSPS) is 18.9. The molecule has 0 aliphatic carbocycles. The Kier molecular flexibility index (Phi) is 5.29. The van der Waals surface area contributed by atoms with Gasteiger partial charge in [0, 0.05) is 12.1 Å². The molecule has 8 heteroatoms. The van der Waals surface area contributed by atoms with E-state index < -0.39 is 5.82 Å². The molecular formula is C20H18FN3O3S. The Bertz CT molecular complexity index is 980. The summed E-state index contributed by atoms with van der Waals surface area (Å²) in [5, 5.41) is 8.69. The number of halogens is 1. The minimum Gasteiger partial charge on any atom is -0.483 e. The molecule has 6 nitrogen and oxygen atoms in total. The summed E-state index contributed by atoms with van der Waals surface area (Å²) in [7, 11) is 0. The standard InChI is InChI=1S/C20H18FN3O3S/c1-13-11-17(19(25)27-13)28-20-23-22-18(24(20)14-7-3-2-4-8-14)12-26-16-10-6-5-9-15(16)21/h2-10,13,17H,11-12H2,1H3. The van der Waals surface area contributed by atoms with Crippen molar-refractivity contribution in [2.75, 3.05) is 0 Å². The summed E-state index contributed by atoms with van der Waals surface area (Å²) in [6, 6.07) is 15.7. The first-order valence-electron chi connectivity index (χ1n) is 8.86. The van der Waals surface area contributed by atoms with E-state index in [1.807, 2.05) is 41.8 Å². The molecule has 3 aromatic rings. The van der Waals surface area contributed by atoms with Crippen LogP contribution in [0.5, 0.6) is 5.75 Å². The van der Waals surface area contributed by atoms with Gasteiger partial charge in [-0.05, 0) is 31.2 Å². The lowest BCUT2D eigenvalue weighted by Crippen LogP contribution is -2.12. The van der Waals surface area contributed by atoms with Gasteiger partial charge >= 0.3 is 5.97 Å². The van der Waals surface area contributed by atoms with E-state index in [0.717, 1.165) is 5.69 Å². The Balaban J connectivity index is 1.62. The molecular weight excluding hydrogens is 381 g/mol. The van der Waals surface area contributed by atoms with Crippen molar-refractivity contribution in [1.29, 1.82) is 0 Å². The minimum absolute atomic E-state index is 0.0366. The number of thioether (sulfide) groups is 1. The number of nitrogens with zero attached hydrogens (tertiary/aromatic N) is 3. The van der Waals surface area contributed by atoms with Crippen LogP contribution >= 0.6 is 11.8 Å². The molecule has 1 aromatic heterocycles. The maximum atomic E-state index is 13.8. The largest absolute Gasteiger partial charge is 0.483 e. The number of carbonyl (C=O) groups excluding carboxylic acids is 1. The number of ether oxygens (including phenoxy) is 2. The number of rotatable bonds is 6. The molecule has 0 bridgehead atoms. The van der Waals surface area contributed by atoms with Crippen molar-refractivity contribution < 1.29 is 18.7 Å². The van der Waals surface area contributed by atoms with E-state index in [2.05, 4.69) is 10.2 Å². The molecule has 2 aromatic carbocycles. The number of para-hydroxylation sites is 2. The van der Waals surface area contributed by atoms with Crippen molar-refractivity contribution in [1.82, 2.24) is 14.8 Å². The van der Waals surface area contributed by atoms with E-state index in [4.69, 9.17) is 9.47 Å². The lowest BCUT2D eigenvalue weighted by Gasteiger charge is -2.12. The minimum atomic E-state index is -0.439. The zero-order valence-electron chi connectivity index (χ0n) is 15.1. The number of cyclic esters (lactones) is 1. The van der Waals surface area contributed by atoms with E-state index in [-0.39, 0.29) is 29.7 Å². The summed E-state index contributed by atoms with van der Waals surface area (Å²) < 4.78 is 26.5. The van der Waals surface area contributed by atoms with Crippen LogP contribution in [0.4, 0.5) is 4.39 Å². The molecule has 2 heterocycles. The average Bonchev–Trinajstić information content (AvgIpc) is 3.24. The highest BCUT2D eigenvalue weighted by Gasteiger charge is 2.34. The number of hydrogen-bond donors (Lipinski definition) is 0. The van der Waals surface area contributed by atoms with Crippen LogP contribution in [0.2, 0.25) is 0 Å². The average molecular weight is 399 g/mol. The molecule has 0 spiro atoms. The van der Waals surface area contributed by atoms with Gasteiger partial charge in [0.15, 0.2) is 22.5 Å². The van der Waals surface area contributed by atoms with Crippen LogP contribution in [0.1, 0.15) is 19.2 Å². The van der Waals surface area contributed by atoms with Gasteiger partial charge in [-0.25, -0.2) is 4.39 Å². The number of esters is 1. The second kappa shape index (κ2) is 8.02. The maximum absolute atomic E-state index is 13.8. The van der Waals surface area contributed by atoms with Crippen LogP contribution in [0.25, 0.3) is 5.69 Å². The molecule has 0 N–H and O–H groups in total. The van der Waals surface area contributed by atoms with E-state index in [1.54, 1.807) is 18.2 Å². The zero-order valence-corrected chi connectivity index (χ0v) is 15.9. The highest BCUT2D eigenvalue weighted by Crippen LogP contribution is 2.33. The van der Waals surface area contributed by atoms with Crippen LogP contribution in [0, 0.1) is 5.82 Å². The third-order valence-corrected chi connectivity index (χ3v) is 5.43. The fourth-order valence-electron chi connectivity index (χ4n) is 2.95. The maximum Gasteiger partial charge on any atom is 0.319 e. The quantitative estimate of drug-likeness (QED) is 0.588. The summed E-state index contributed by atoms with van der Waals surface area (Å²) in [6.45, 7) is 1.91. The Morgan fingerprint density at radius 2 is 1.93 bits per heavy atom. The Morgan fingerprint density at radius 3 is 2.64 bits per heavy atom. The second-order valence-electron chi connectivity index (χ2n) is 6.38. The van der Waals surface area contributed by atoms with Crippen LogP contribution in [-0.2, 0) is 16.1 Å². The lowest BCUT2D eigenvalue weighted by molar-refractivity contribution is -0.140. The zero-order chi connectivity index (χ0) is 19.5. The number of benzene rings is 2. The van der Waals surface area contributed by atoms with Gasteiger partial charge in [0.1, 0.15) is 18.0 Å². The van der Waals surface area contributed by atoms with Crippen molar-refractivity contribution in [3.8, 4) is 11.4 Å². The summed E-state index contributed by atoms with van der Waals surface area (Å²) in [6.07, 6.45) is 0.508. The van der Waals surface area contributed by atoms with E-state index in [9.17, 15) is 9.18 Å². The third kappa shape index (κ3) is 3.87. The first-order valence-corrected chi connectivity index (χ1v) is 9.74. The first kappa shape index (κ1) is 18.5. The molecule has 144 valence electrons.